The van der Waals surface area contributed by atoms with Crippen LogP contribution in [0.1, 0.15) is 11.6 Å². The highest BCUT2D eigenvalue weighted by Gasteiger charge is 2.20. The van der Waals surface area contributed by atoms with Crippen molar-refractivity contribution in [1.82, 2.24) is 24.8 Å². The summed E-state index contributed by atoms with van der Waals surface area (Å²) in [5.74, 6) is 0. The number of aromatic amines is 2. The Balaban J connectivity index is 1.58. The van der Waals surface area contributed by atoms with Crippen LogP contribution in [0, 0.1) is 0 Å². The van der Waals surface area contributed by atoms with Crippen LogP contribution >= 0.6 is 0 Å². The van der Waals surface area contributed by atoms with Gasteiger partial charge in [-0.05, 0) is 55.4 Å². The van der Waals surface area contributed by atoms with Gasteiger partial charge in [0.05, 0.1) is 16.6 Å². The maximum Gasteiger partial charge on any atom is 0.240 e. The minimum atomic E-state index is -3.61. The first-order valence-corrected chi connectivity index (χ1v) is 10.1. The van der Waals surface area contributed by atoms with Gasteiger partial charge in [0.1, 0.15) is 0 Å². The molecule has 1 unspecified atom stereocenters. The number of nitrogens with zero attached hydrogens (tertiary/aromatic N) is 2. The molecule has 0 amide bonds. The van der Waals surface area contributed by atoms with Crippen LogP contribution in [0.4, 0.5) is 0 Å². The Hall–Kier alpha value is -2.68. The smallest absolute Gasteiger partial charge is 0.240 e. The number of aromatic nitrogens is 3. The maximum atomic E-state index is 12.8. The summed E-state index contributed by atoms with van der Waals surface area (Å²) in [6.45, 7) is 0.265. The lowest BCUT2D eigenvalue weighted by Gasteiger charge is -2.25. The summed E-state index contributed by atoms with van der Waals surface area (Å²) in [5, 5.41) is 8.95. The highest BCUT2D eigenvalue weighted by atomic mass is 32.2. The Morgan fingerprint density at radius 1 is 1.07 bits per heavy atom. The molecular weight excluding hydrogens is 362 g/mol. The van der Waals surface area contributed by atoms with Gasteiger partial charge in [-0.1, -0.05) is 12.1 Å². The number of fused-ring (bicyclic) bond motifs is 2. The molecule has 0 aliphatic heterocycles. The van der Waals surface area contributed by atoms with E-state index in [0.29, 0.717) is 0 Å². The predicted octanol–water partition coefficient (Wildman–Crippen LogP) is 2.63. The van der Waals surface area contributed by atoms with Crippen molar-refractivity contribution in [2.24, 2.45) is 0 Å². The summed E-state index contributed by atoms with van der Waals surface area (Å²) in [5.41, 5.74) is 2.78. The van der Waals surface area contributed by atoms with E-state index < -0.39 is 10.0 Å². The molecule has 2 aromatic carbocycles. The highest BCUT2D eigenvalue weighted by Crippen LogP contribution is 2.23. The first-order chi connectivity index (χ1) is 12.9. The molecule has 4 aromatic rings. The third kappa shape index (κ3) is 3.46. The molecule has 140 valence electrons. The molecule has 7 nitrogen and oxygen atoms in total. The SMILES string of the molecule is CN(C)C(CNS(=O)(=O)c1ccc2cc[nH]c2c1)c1ccc2[nH]ncc2c1. The van der Waals surface area contributed by atoms with Crippen molar-refractivity contribution in [2.75, 3.05) is 20.6 Å². The van der Waals surface area contributed by atoms with Crippen molar-refractivity contribution < 1.29 is 8.42 Å². The lowest BCUT2D eigenvalue weighted by Crippen LogP contribution is -2.34. The first kappa shape index (κ1) is 17.7. The third-order valence-corrected chi connectivity index (χ3v) is 6.20. The Morgan fingerprint density at radius 2 is 1.93 bits per heavy atom. The number of benzene rings is 2. The van der Waals surface area contributed by atoms with Crippen molar-refractivity contribution in [3.8, 4) is 0 Å². The lowest BCUT2D eigenvalue weighted by atomic mass is 10.0. The average molecular weight is 383 g/mol. The summed E-state index contributed by atoms with van der Waals surface area (Å²) in [7, 11) is 0.255. The van der Waals surface area contributed by atoms with Gasteiger partial charge in [-0.3, -0.25) is 5.10 Å². The van der Waals surface area contributed by atoms with Crippen LogP contribution < -0.4 is 4.72 Å². The van der Waals surface area contributed by atoms with Gasteiger partial charge in [0, 0.05) is 29.7 Å². The van der Waals surface area contributed by atoms with E-state index in [0.717, 1.165) is 27.4 Å². The largest absolute Gasteiger partial charge is 0.361 e. The van der Waals surface area contributed by atoms with Crippen molar-refractivity contribution in [1.29, 1.82) is 0 Å². The quantitative estimate of drug-likeness (QED) is 0.477. The van der Waals surface area contributed by atoms with Crippen LogP contribution in [-0.4, -0.2) is 49.1 Å². The van der Waals surface area contributed by atoms with Crippen LogP contribution in [0.15, 0.2) is 59.8 Å². The van der Waals surface area contributed by atoms with E-state index in [1.807, 2.05) is 43.3 Å². The summed E-state index contributed by atoms with van der Waals surface area (Å²) in [6.07, 6.45) is 3.56. The van der Waals surface area contributed by atoms with Gasteiger partial charge in [-0.15, -0.1) is 0 Å². The van der Waals surface area contributed by atoms with E-state index in [2.05, 4.69) is 19.9 Å². The van der Waals surface area contributed by atoms with E-state index in [1.165, 1.54) is 0 Å². The van der Waals surface area contributed by atoms with Gasteiger partial charge in [-0.25, -0.2) is 13.1 Å². The molecule has 0 saturated carbocycles. The fraction of sp³-hybridized carbons (Fsp3) is 0.211. The van der Waals surface area contributed by atoms with Gasteiger partial charge < -0.3 is 9.88 Å². The Labute approximate surface area is 157 Å². The zero-order chi connectivity index (χ0) is 19.0. The number of hydrogen-bond acceptors (Lipinski definition) is 4. The molecule has 0 radical (unpaired) electrons. The standard InChI is InChI=1S/C19H21N5O2S/c1-24(2)19(14-4-6-17-15(9-14)11-21-23-17)12-22-27(25,26)16-5-3-13-7-8-20-18(13)10-16/h3-11,19-20,22H,12H2,1-2H3,(H,21,23). The normalized spacial score (nSPS) is 13.6. The fourth-order valence-corrected chi connectivity index (χ4v) is 4.30. The Morgan fingerprint density at radius 3 is 2.74 bits per heavy atom. The Bertz CT molecular complexity index is 1190. The van der Waals surface area contributed by atoms with E-state index in [-0.39, 0.29) is 17.5 Å². The molecule has 2 aromatic heterocycles. The van der Waals surface area contributed by atoms with E-state index in [9.17, 15) is 8.42 Å². The van der Waals surface area contributed by atoms with Crippen LogP contribution in [0.2, 0.25) is 0 Å². The van der Waals surface area contributed by atoms with Gasteiger partial charge in [0.2, 0.25) is 10.0 Å². The molecule has 0 aliphatic rings. The zero-order valence-corrected chi connectivity index (χ0v) is 15.9. The molecule has 0 spiro atoms. The second-order valence-electron chi connectivity index (χ2n) is 6.77. The topological polar surface area (TPSA) is 93.9 Å². The maximum absolute atomic E-state index is 12.8. The molecular formula is C19H21N5O2S. The fourth-order valence-electron chi connectivity index (χ4n) is 3.23. The van der Waals surface area contributed by atoms with Crippen LogP contribution in [0.3, 0.4) is 0 Å². The molecule has 1 atom stereocenters. The van der Waals surface area contributed by atoms with Crippen molar-refractivity contribution in [2.45, 2.75) is 10.9 Å². The number of nitrogens with one attached hydrogen (secondary N) is 3. The molecule has 4 rings (SSSR count). The molecule has 2 heterocycles. The Kier molecular flexibility index (Phi) is 4.47. The molecule has 0 bridgehead atoms. The van der Waals surface area contributed by atoms with E-state index >= 15 is 0 Å². The van der Waals surface area contributed by atoms with Crippen molar-refractivity contribution in [3.63, 3.8) is 0 Å². The minimum absolute atomic E-state index is 0.103. The second kappa shape index (κ2) is 6.80. The first-order valence-electron chi connectivity index (χ1n) is 8.60. The van der Waals surface area contributed by atoms with Gasteiger partial charge in [0.15, 0.2) is 0 Å². The number of rotatable bonds is 6. The molecule has 27 heavy (non-hydrogen) atoms. The van der Waals surface area contributed by atoms with Crippen LogP contribution in [0.5, 0.6) is 0 Å². The molecule has 8 heteroatoms. The van der Waals surface area contributed by atoms with Gasteiger partial charge in [0.25, 0.3) is 0 Å². The summed E-state index contributed by atoms with van der Waals surface area (Å²) in [4.78, 5) is 5.29. The number of H-pyrrole nitrogens is 2. The third-order valence-electron chi connectivity index (χ3n) is 4.78. The monoisotopic (exact) mass is 383 g/mol. The summed E-state index contributed by atoms with van der Waals surface area (Å²) >= 11 is 0. The number of hydrogen-bond donors (Lipinski definition) is 3. The van der Waals surface area contributed by atoms with Gasteiger partial charge in [-0.2, -0.15) is 5.10 Å². The van der Waals surface area contributed by atoms with Crippen LogP contribution in [-0.2, 0) is 10.0 Å². The highest BCUT2D eigenvalue weighted by molar-refractivity contribution is 7.89. The van der Waals surface area contributed by atoms with E-state index in [1.54, 1.807) is 30.6 Å². The lowest BCUT2D eigenvalue weighted by molar-refractivity contribution is 0.299. The van der Waals surface area contributed by atoms with Crippen molar-refractivity contribution in [3.05, 3.63) is 60.4 Å². The second-order valence-corrected chi connectivity index (χ2v) is 8.54. The number of likely N-dealkylation sites (N-methyl/N-ethyl adjacent to an activating group) is 1. The number of sulfonamides is 1. The molecule has 0 aliphatic carbocycles. The molecule has 0 saturated heterocycles. The molecule has 0 fully saturated rings. The molecule has 3 N–H and O–H groups in total. The summed E-state index contributed by atoms with van der Waals surface area (Å²) in [6, 6.07) is 12.9. The zero-order valence-electron chi connectivity index (χ0n) is 15.1. The average Bonchev–Trinajstić information content (AvgIpc) is 3.29. The summed E-state index contributed by atoms with van der Waals surface area (Å²) < 4.78 is 28.3. The van der Waals surface area contributed by atoms with E-state index in [4.69, 9.17) is 0 Å². The predicted molar refractivity (Wildman–Crippen MR) is 106 cm³/mol. The minimum Gasteiger partial charge on any atom is -0.361 e. The van der Waals surface area contributed by atoms with Crippen LogP contribution in [0.25, 0.3) is 21.8 Å². The van der Waals surface area contributed by atoms with Crippen molar-refractivity contribution >= 4 is 31.8 Å². The van der Waals surface area contributed by atoms with Gasteiger partial charge >= 0.3 is 0 Å².